The first-order valence-corrected chi connectivity index (χ1v) is 7.05. The van der Waals surface area contributed by atoms with Crippen molar-refractivity contribution < 1.29 is 4.79 Å². The molecule has 1 rings (SSSR count). The van der Waals surface area contributed by atoms with Crippen LogP contribution in [0.15, 0.2) is 4.99 Å². The Labute approximate surface area is 106 Å². The van der Waals surface area contributed by atoms with Gasteiger partial charge < -0.3 is 11.1 Å². The van der Waals surface area contributed by atoms with Gasteiger partial charge in [0.1, 0.15) is 5.84 Å². The molecule has 0 aromatic heterocycles. The predicted octanol–water partition coefficient (Wildman–Crippen LogP) is 0.515. The van der Waals surface area contributed by atoms with E-state index >= 15 is 0 Å². The molecule has 1 heterocycles. The summed E-state index contributed by atoms with van der Waals surface area (Å²) < 4.78 is 0. The van der Waals surface area contributed by atoms with Gasteiger partial charge in [0.05, 0.1) is 24.6 Å². The summed E-state index contributed by atoms with van der Waals surface area (Å²) in [5.74, 6) is 1.35. The number of nitriles is 1. The van der Waals surface area contributed by atoms with Crippen LogP contribution in [0.3, 0.4) is 0 Å². The molecule has 17 heavy (non-hydrogen) atoms. The minimum absolute atomic E-state index is 0.0131. The smallest absolute Gasteiger partial charge is 0.242 e. The summed E-state index contributed by atoms with van der Waals surface area (Å²) in [6.45, 7) is 0.478. The monoisotopic (exact) mass is 254 g/mol. The Morgan fingerprint density at radius 2 is 2.59 bits per heavy atom. The number of rotatable bonds is 4. The highest BCUT2D eigenvalue weighted by Gasteiger charge is 2.19. The standard InChI is InChI=1S/C11H18N4OS/c1-17-5-4-9(13)11(16)15-10-3-2-8(6-12)7-14-10/h8-9H,2-5,7,13H2,1H3,(H,14,15,16). The van der Waals surface area contributed by atoms with Gasteiger partial charge in [-0.3, -0.25) is 9.79 Å². The number of hydrogen-bond donors (Lipinski definition) is 2. The molecule has 2 unspecified atom stereocenters. The van der Waals surface area contributed by atoms with Crippen molar-refractivity contribution in [2.45, 2.75) is 25.3 Å². The van der Waals surface area contributed by atoms with Gasteiger partial charge in [0.2, 0.25) is 5.91 Å². The fourth-order valence-electron chi connectivity index (χ4n) is 1.52. The number of nitrogens with two attached hydrogens (primary N) is 1. The van der Waals surface area contributed by atoms with E-state index in [1.54, 1.807) is 11.8 Å². The van der Waals surface area contributed by atoms with Gasteiger partial charge in [-0.15, -0.1) is 0 Å². The summed E-state index contributed by atoms with van der Waals surface area (Å²) in [5.41, 5.74) is 5.74. The van der Waals surface area contributed by atoms with E-state index in [9.17, 15) is 4.79 Å². The van der Waals surface area contributed by atoms with Crippen LogP contribution in [0.1, 0.15) is 19.3 Å². The maximum absolute atomic E-state index is 11.7. The van der Waals surface area contributed by atoms with Gasteiger partial charge in [-0.2, -0.15) is 17.0 Å². The van der Waals surface area contributed by atoms with Gasteiger partial charge >= 0.3 is 0 Å². The topological polar surface area (TPSA) is 91.3 Å². The largest absolute Gasteiger partial charge is 0.320 e. The number of thioether (sulfide) groups is 1. The molecule has 0 aliphatic carbocycles. The Bertz CT molecular complexity index is 337. The van der Waals surface area contributed by atoms with Gasteiger partial charge in [-0.1, -0.05) is 0 Å². The summed E-state index contributed by atoms with van der Waals surface area (Å²) in [4.78, 5) is 15.9. The summed E-state index contributed by atoms with van der Waals surface area (Å²) in [6.07, 6.45) is 4.06. The van der Waals surface area contributed by atoms with Crippen LogP contribution in [0.5, 0.6) is 0 Å². The van der Waals surface area contributed by atoms with Gasteiger partial charge in [0.25, 0.3) is 0 Å². The molecule has 0 saturated carbocycles. The molecule has 2 atom stereocenters. The second-order valence-electron chi connectivity index (χ2n) is 4.03. The van der Waals surface area contributed by atoms with E-state index in [4.69, 9.17) is 11.0 Å². The van der Waals surface area contributed by atoms with Gasteiger partial charge in [-0.25, -0.2) is 0 Å². The fourth-order valence-corrected chi connectivity index (χ4v) is 2.01. The van der Waals surface area contributed by atoms with Gasteiger partial charge in [0, 0.05) is 6.42 Å². The lowest BCUT2D eigenvalue weighted by Gasteiger charge is -2.18. The first-order chi connectivity index (χ1) is 8.17. The summed E-state index contributed by atoms with van der Waals surface area (Å²) in [7, 11) is 0. The normalized spacial score (nSPS) is 21.2. The Balaban J connectivity index is 2.37. The van der Waals surface area contributed by atoms with Crippen LogP contribution >= 0.6 is 11.8 Å². The molecule has 3 N–H and O–H groups in total. The fraction of sp³-hybridized carbons (Fsp3) is 0.727. The van der Waals surface area contributed by atoms with Crippen molar-refractivity contribution in [2.24, 2.45) is 16.6 Å². The number of carbonyl (C=O) groups is 1. The Hall–Kier alpha value is -1.06. The molecule has 0 radical (unpaired) electrons. The molecule has 0 bridgehead atoms. The van der Waals surface area contributed by atoms with Crippen molar-refractivity contribution >= 4 is 23.5 Å². The molecule has 5 nitrogen and oxygen atoms in total. The summed E-state index contributed by atoms with van der Waals surface area (Å²) in [6, 6.07) is 1.71. The maximum Gasteiger partial charge on any atom is 0.242 e. The van der Waals surface area contributed by atoms with E-state index in [0.29, 0.717) is 25.2 Å². The second kappa shape index (κ2) is 7.30. The molecule has 0 fully saturated rings. The highest BCUT2D eigenvalue weighted by Crippen LogP contribution is 2.12. The number of aliphatic imine (C=N–C) groups is 1. The van der Waals surface area contributed by atoms with Crippen molar-refractivity contribution in [3.8, 4) is 6.07 Å². The maximum atomic E-state index is 11.7. The van der Waals surface area contributed by atoms with Crippen molar-refractivity contribution in [1.82, 2.24) is 5.32 Å². The Morgan fingerprint density at radius 1 is 1.82 bits per heavy atom. The van der Waals surface area contributed by atoms with Gasteiger partial charge in [-0.05, 0) is 24.9 Å². The Kier molecular flexibility index (Phi) is 6.01. The van der Waals surface area contributed by atoms with E-state index in [2.05, 4.69) is 16.4 Å². The van der Waals surface area contributed by atoms with Crippen LogP contribution in [0.2, 0.25) is 0 Å². The minimum atomic E-state index is -0.473. The molecule has 6 heteroatoms. The van der Waals surface area contributed by atoms with Crippen molar-refractivity contribution in [3.05, 3.63) is 0 Å². The van der Waals surface area contributed by atoms with Crippen molar-refractivity contribution in [3.63, 3.8) is 0 Å². The number of carbonyl (C=O) groups excluding carboxylic acids is 1. The van der Waals surface area contributed by atoms with E-state index < -0.39 is 6.04 Å². The molecule has 1 aliphatic rings. The lowest BCUT2D eigenvalue weighted by Crippen LogP contribution is -2.44. The van der Waals surface area contributed by atoms with E-state index in [1.807, 2.05) is 6.26 Å². The molecular weight excluding hydrogens is 236 g/mol. The first-order valence-electron chi connectivity index (χ1n) is 5.65. The molecule has 0 spiro atoms. The first kappa shape index (κ1) is 14.0. The van der Waals surface area contributed by atoms with Gasteiger partial charge in [0.15, 0.2) is 0 Å². The number of amidine groups is 1. The summed E-state index contributed by atoms with van der Waals surface area (Å²) in [5, 5.41) is 11.5. The zero-order valence-electron chi connectivity index (χ0n) is 9.98. The van der Waals surface area contributed by atoms with Crippen LogP contribution in [-0.2, 0) is 4.79 Å². The molecule has 1 amide bonds. The third-order valence-corrected chi connectivity index (χ3v) is 3.30. The molecule has 0 saturated heterocycles. The molecule has 1 aliphatic heterocycles. The minimum Gasteiger partial charge on any atom is -0.320 e. The molecule has 94 valence electrons. The number of nitrogens with zero attached hydrogens (tertiary/aromatic N) is 2. The van der Waals surface area contributed by atoms with Crippen LogP contribution in [0, 0.1) is 17.2 Å². The lowest BCUT2D eigenvalue weighted by atomic mass is 10.0. The van der Waals surface area contributed by atoms with Crippen molar-refractivity contribution in [1.29, 1.82) is 5.26 Å². The Morgan fingerprint density at radius 3 is 3.12 bits per heavy atom. The van der Waals surface area contributed by atoms with Crippen LogP contribution in [0.4, 0.5) is 0 Å². The van der Waals surface area contributed by atoms with E-state index in [1.165, 1.54) is 0 Å². The average Bonchev–Trinajstić information content (AvgIpc) is 2.36. The molecule has 0 aromatic rings. The van der Waals surface area contributed by atoms with E-state index in [0.717, 1.165) is 12.2 Å². The third kappa shape index (κ3) is 4.75. The number of nitrogens with one attached hydrogen (secondary N) is 1. The third-order valence-electron chi connectivity index (χ3n) is 2.65. The van der Waals surface area contributed by atoms with Crippen LogP contribution < -0.4 is 11.1 Å². The van der Waals surface area contributed by atoms with Crippen molar-refractivity contribution in [2.75, 3.05) is 18.6 Å². The number of amides is 1. The average molecular weight is 254 g/mol. The zero-order chi connectivity index (χ0) is 12.7. The highest BCUT2D eigenvalue weighted by atomic mass is 32.2. The molecule has 0 aromatic carbocycles. The lowest BCUT2D eigenvalue weighted by molar-refractivity contribution is -0.121. The van der Waals surface area contributed by atoms with E-state index in [-0.39, 0.29) is 11.8 Å². The predicted molar refractivity (Wildman–Crippen MR) is 69.8 cm³/mol. The quantitative estimate of drug-likeness (QED) is 0.765. The second-order valence-corrected chi connectivity index (χ2v) is 5.01. The zero-order valence-corrected chi connectivity index (χ0v) is 10.8. The van der Waals surface area contributed by atoms with Crippen LogP contribution in [0.25, 0.3) is 0 Å². The number of hydrogen-bond acceptors (Lipinski definition) is 5. The highest BCUT2D eigenvalue weighted by molar-refractivity contribution is 7.98. The van der Waals surface area contributed by atoms with Crippen LogP contribution in [-0.4, -0.2) is 36.3 Å². The molecular formula is C11H18N4OS. The summed E-state index contributed by atoms with van der Waals surface area (Å²) >= 11 is 1.67. The SMILES string of the molecule is CSCCC(N)C(=O)NC1=NCC(C#N)CC1.